The van der Waals surface area contributed by atoms with Crippen molar-refractivity contribution >= 4 is 5.91 Å². The van der Waals surface area contributed by atoms with Gasteiger partial charge < -0.3 is 11.1 Å². The quantitative estimate of drug-likeness (QED) is 0.914. The number of piperidine rings is 1. The Labute approximate surface area is 132 Å². The summed E-state index contributed by atoms with van der Waals surface area (Å²) >= 11 is 0. The van der Waals surface area contributed by atoms with Crippen LogP contribution in [0.5, 0.6) is 0 Å². The van der Waals surface area contributed by atoms with Crippen LogP contribution in [0.15, 0.2) is 30.5 Å². The van der Waals surface area contributed by atoms with Crippen LogP contribution in [0.25, 0.3) is 11.3 Å². The second kappa shape index (κ2) is 6.42. The number of aromatic nitrogens is 1. The van der Waals surface area contributed by atoms with Gasteiger partial charge in [-0.3, -0.25) is 9.78 Å². The minimum Gasteiger partial charge on any atom is -0.366 e. The van der Waals surface area contributed by atoms with Crippen LogP contribution in [0, 0.1) is 11.6 Å². The number of nitrogens with one attached hydrogen (secondary N) is 1. The minimum atomic E-state index is -0.927. The third kappa shape index (κ3) is 3.22. The molecule has 1 aliphatic heterocycles. The molecule has 0 atom stereocenters. The first kappa shape index (κ1) is 15.6. The number of primary amides is 1. The Kier molecular flexibility index (Phi) is 4.34. The number of benzene rings is 1. The van der Waals surface area contributed by atoms with Gasteiger partial charge in [-0.15, -0.1) is 0 Å². The monoisotopic (exact) mass is 317 g/mol. The van der Waals surface area contributed by atoms with E-state index in [2.05, 4.69) is 10.3 Å². The first-order valence-electron chi connectivity index (χ1n) is 7.52. The van der Waals surface area contributed by atoms with Crippen LogP contribution < -0.4 is 11.1 Å². The molecule has 1 aliphatic rings. The van der Waals surface area contributed by atoms with Gasteiger partial charge in [-0.05, 0) is 61.7 Å². The summed E-state index contributed by atoms with van der Waals surface area (Å²) in [7, 11) is 0. The molecular weight excluding hydrogens is 300 g/mol. The van der Waals surface area contributed by atoms with Gasteiger partial charge in [0, 0.05) is 17.3 Å². The molecule has 0 aliphatic carbocycles. The third-order valence-corrected chi connectivity index (χ3v) is 4.19. The summed E-state index contributed by atoms with van der Waals surface area (Å²) in [5.74, 6) is -2.25. The maximum Gasteiger partial charge on any atom is 0.248 e. The van der Waals surface area contributed by atoms with Gasteiger partial charge in [-0.2, -0.15) is 0 Å². The Hall–Kier alpha value is -2.34. The number of carbonyl (C=O) groups excluding carboxylic acids is 1. The molecule has 0 bridgehead atoms. The molecule has 4 nitrogen and oxygen atoms in total. The van der Waals surface area contributed by atoms with Crippen molar-refractivity contribution < 1.29 is 13.6 Å². The van der Waals surface area contributed by atoms with Crippen molar-refractivity contribution in [3.05, 3.63) is 53.2 Å². The molecular formula is C17H17F2N3O. The van der Waals surface area contributed by atoms with Crippen LogP contribution in [-0.4, -0.2) is 24.0 Å². The number of hydrogen-bond donors (Lipinski definition) is 2. The Morgan fingerprint density at radius 2 is 1.87 bits per heavy atom. The van der Waals surface area contributed by atoms with Crippen LogP contribution in [-0.2, 0) is 0 Å². The summed E-state index contributed by atoms with van der Waals surface area (Å²) in [6.07, 6.45) is 3.13. The minimum absolute atomic E-state index is 0.125. The van der Waals surface area contributed by atoms with Crippen molar-refractivity contribution in [3.8, 4) is 11.3 Å². The lowest BCUT2D eigenvalue weighted by Gasteiger charge is -2.25. The molecule has 1 aromatic heterocycles. The first-order valence-corrected chi connectivity index (χ1v) is 7.52. The van der Waals surface area contributed by atoms with Gasteiger partial charge in [0.1, 0.15) is 0 Å². The zero-order chi connectivity index (χ0) is 16.4. The standard InChI is InChI=1S/C17H17F2N3O/c18-14-8-12(10-1-4-21-5-2-10)13(9-15(14)19)16-7-11(17(20)23)3-6-22-16/h3,6-10,21H,1-2,4-5H2,(H2,20,23). The van der Waals surface area contributed by atoms with Crippen LogP contribution in [0.1, 0.15) is 34.7 Å². The summed E-state index contributed by atoms with van der Waals surface area (Å²) in [6.45, 7) is 1.66. The molecule has 0 unspecified atom stereocenters. The number of pyridine rings is 1. The predicted molar refractivity (Wildman–Crippen MR) is 83.0 cm³/mol. The Morgan fingerprint density at radius 3 is 2.57 bits per heavy atom. The summed E-state index contributed by atoms with van der Waals surface area (Å²) in [5, 5.41) is 3.25. The maximum atomic E-state index is 13.8. The summed E-state index contributed by atoms with van der Waals surface area (Å²) < 4.78 is 27.5. The number of hydrogen-bond acceptors (Lipinski definition) is 3. The molecule has 1 aromatic carbocycles. The van der Waals surface area contributed by atoms with Gasteiger partial charge in [0.2, 0.25) is 5.91 Å². The fraction of sp³-hybridized carbons (Fsp3) is 0.294. The highest BCUT2D eigenvalue weighted by Crippen LogP contribution is 2.35. The van der Waals surface area contributed by atoms with E-state index in [1.165, 1.54) is 24.4 Å². The number of carbonyl (C=O) groups is 1. The van der Waals surface area contributed by atoms with Crippen molar-refractivity contribution in [1.82, 2.24) is 10.3 Å². The van der Waals surface area contributed by atoms with E-state index >= 15 is 0 Å². The molecule has 0 spiro atoms. The van der Waals surface area contributed by atoms with E-state index in [1.807, 2.05) is 0 Å². The molecule has 1 amide bonds. The number of halogens is 2. The molecule has 0 radical (unpaired) electrons. The second-order valence-electron chi connectivity index (χ2n) is 5.67. The van der Waals surface area contributed by atoms with Gasteiger partial charge in [-0.25, -0.2) is 8.78 Å². The highest BCUT2D eigenvalue weighted by molar-refractivity contribution is 5.93. The molecule has 0 saturated carbocycles. The largest absolute Gasteiger partial charge is 0.366 e. The van der Waals surface area contributed by atoms with Gasteiger partial charge >= 0.3 is 0 Å². The zero-order valence-corrected chi connectivity index (χ0v) is 12.5. The summed E-state index contributed by atoms with van der Waals surface area (Å²) in [5.41, 5.74) is 7.23. The number of nitrogens with two attached hydrogens (primary N) is 1. The molecule has 3 rings (SSSR count). The normalized spacial score (nSPS) is 15.6. The number of amides is 1. The fourth-order valence-corrected chi connectivity index (χ4v) is 2.99. The molecule has 23 heavy (non-hydrogen) atoms. The Balaban J connectivity index is 2.11. The van der Waals surface area contributed by atoms with Crippen LogP contribution in [0.4, 0.5) is 8.78 Å². The Morgan fingerprint density at radius 1 is 1.17 bits per heavy atom. The lowest BCUT2D eigenvalue weighted by atomic mass is 9.85. The molecule has 1 saturated heterocycles. The first-order chi connectivity index (χ1) is 11.1. The van der Waals surface area contributed by atoms with E-state index in [0.29, 0.717) is 11.3 Å². The van der Waals surface area contributed by atoms with Gasteiger partial charge in [0.05, 0.1) is 5.69 Å². The maximum absolute atomic E-state index is 13.8. The zero-order valence-electron chi connectivity index (χ0n) is 12.5. The van der Waals surface area contributed by atoms with E-state index in [-0.39, 0.29) is 11.5 Å². The van der Waals surface area contributed by atoms with E-state index in [1.54, 1.807) is 0 Å². The summed E-state index contributed by atoms with van der Waals surface area (Å²) in [4.78, 5) is 15.6. The molecule has 2 heterocycles. The predicted octanol–water partition coefficient (Wildman–Crippen LogP) is 2.59. The Bertz CT molecular complexity index is 743. The van der Waals surface area contributed by atoms with E-state index in [9.17, 15) is 13.6 Å². The van der Waals surface area contributed by atoms with Crippen molar-refractivity contribution in [2.24, 2.45) is 5.73 Å². The van der Waals surface area contributed by atoms with Crippen LogP contribution >= 0.6 is 0 Å². The second-order valence-corrected chi connectivity index (χ2v) is 5.67. The average Bonchev–Trinajstić information content (AvgIpc) is 2.58. The van der Waals surface area contributed by atoms with E-state index in [0.717, 1.165) is 37.6 Å². The SMILES string of the molecule is NC(=O)c1ccnc(-c2cc(F)c(F)cc2C2CCNCC2)c1. The fourth-order valence-electron chi connectivity index (χ4n) is 2.99. The molecule has 6 heteroatoms. The van der Waals surface area contributed by atoms with E-state index < -0.39 is 17.5 Å². The molecule has 3 N–H and O–H groups in total. The highest BCUT2D eigenvalue weighted by Gasteiger charge is 2.22. The molecule has 2 aromatic rings. The van der Waals surface area contributed by atoms with Crippen molar-refractivity contribution in [1.29, 1.82) is 0 Å². The smallest absolute Gasteiger partial charge is 0.248 e. The number of rotatable bonds is 3. The molecule has 1 fully saturated rings. The lowest BCUT2D eigenvalue weighted by Crippen LogP contribution is -2.27. The molecule has 120 valence electrons. The highest BCUT2D eigenvalue weighted by atomic mass is 19.2. The van der Waals surface area contributed by atoms with Crippen molar-refractivity contribution in [2.45, 2.75) is 18.8 Å². The lowest BCUT2D eigenvalue weighted by molar-refractivity contribution is 0.1000. The van der Waals surface area contributed by atoms with Crippen molar-refractivity contribution in [2.75, 3.05) is 13.1 Å². The van der Waals surface area contributed by atoms with E-state index in [4.69, 9.17) is 5.73 Å². The van der Waals surface area contributed by atoms with Gasteiger partial charge in [0.15, 0.2) is 11.6 Å². The van der Waals surface area contributed by atoms with Crippen molar-refractivity contribution in [3.63, 3.8) is 0 Å². The summed E-state index contributed by atoms with van der Waals surface area (Å²) in [6, 6.07) is 5.41. The van der Waals surface area contributed by atoms with Gasteiger partial charge in [-0.1, -0.05) is 0 Å². The van der Waals surface area contributed by atoms with Crippen LogP contribution in [0.3, 0.4) is 0 Å². The van der Waals surface area contributed by atoms with Crippen LogP contribution in [0.2, 0.25) is 0 Å². The average molecular weight is 317 g/mol. The topological polar surface area (TPSA) is 68.0 Å². The third-order valence-electron chi connectivity index (χ3n) is 4.19. The van der Waals surface area contributed by atoms with Gasteiger partial charge in [0.25, 0.3) is 0 Å². The number of nitrogens with zero attached hydrogens (tertiary/aromatic N) is 1.